The van der Waals surface area contributed by atoms with E-state index in [1.165, 1.54) is 61.2 Å². The predicted octanol–water partition coefficient (Wildman–Crippen LogP) is 7.70. The summed E-state index contributed by atoms with van der Waals surface area (Å²) >= 11 is 12.3. The Bertz CT molecular complexity index is 2230. The zero-order valence-corrected chi connectivity index (χ0v) is 32.8. The molecule has 0 aliphatic heterocycles. The van der Waals surface area contributed by atoms with Crippen LogP contribution < -0.4 is 20.1 Å². The lowest BCUT2D eigenvalue weighted by Gasteiger charge is -2.09. The molecule has 0 unspecified atom stereocenters. The Morgan fingerprint density at radius 2 is 0.983 bits per heavy atom. The number of hydrogen-bond acceptors (Lipinski definition) is 12. The van der Waals surface area contributed by atoms with E-state index in [4.69, 9.17) is 40.7 Å². The zero-order valence-electron chi connectivity index (χ0n) is 30.4. The van der Waals surface area contributed by atoms with Crippen molar-refractivity contribution in [2.24, 2.45) is 0 Å². The van der Waals surface area contributed by atoms with E-state index in [1.54, 1.807) is 48.0 Å². The molecule has 6 aromatic rings. The Morgan fingerprint density at radius 1 is 0.644 bits per heavy atom. The molecule has 4 N–H and O–H groups in total. The minimum absolute atomic E-state index is 0.278. The molecule has 4 heterocycles. The van der Waals surface area contributed by atoms with Crippen LogP contribution in [-0.2, 0) is 23.2 Å². The second-order valence-corrected chi connectivity index (χ2v) is 13.4. The third-order valence-corrected chi connectivity index (χ3v) is 8.19. The van der Waals surface area contributed by atoms with Crippen LogP contribution >= 0.6 is 23.2 Å². The summed E-state index contributed by atoms with van der Waals surface area (Å²) in [7, 11) is -4.67. The minimum Gasteiger partial charge on any atom is -0.406 e. The number of ether oxygens (including phenoxy) is 2. The van der Waals surface area contributed by atoms with Crippen LogP contribution in [0.15, 0.2) is 86.0 Å². The van der Waals surface area contributed by atoms with Crippen LogP contribution in [0.4, 0.5) is 38.0 Å². The molecule has 59 heavy (non-hydrogen) atoms. The highest BCUT2D eigenvalue weighted by Gasteiger charge is 2.31. The van der Waals surface area contributed by atoms with Crippen LogP contribution in [0.1, 0.15) is 22.5 Å². The molecule has 6 rings (SSSR count). The molecule has 0 radical (unpaired) electrons. The largest absolute Gasteiger partial charge is 0.573 e. The fourth-order valence-electron chi connectivity index (χ4n) is 4.67. The molecule has 0 atom stereocenters. The average Bonchev–Trinajstić information content (AvgIpc) is 3.81. The first kappa shape index (κ1) is 45.9. The summed E-state index contributed by atoms with van der Waals surface area (Å²) in [5, 5.41) is 15.7. The third kappa shape index (κ3) is 16.2. The number of rotatable bonds is 12. The van der Waals surface area contributed by atoms with E-state index < -0.39 is 23.1 Å². The van der Waals surface area contributed by atoms with Gasteiger partial charge in [-0.25, -0.2) is 29.3 Å². The van der Waals surface area contributed by atoms with Crippen LogP contribution in [0.3, 0.4) is 0 Å². The smallest absolute Gasteiger partial charge is 0.406 e. The maximum atomic E-state index is 12.2. The van der Waals surface area contributed by atoms with Gasteiger partial charge in [-0.15, -0.1) is 26.3 Å². The van der Waals surface area contributed by atoms with Gasteiger partial charge in [-0.1, -0.05) is 23.2 Å². The molecular formula is C34H32Cl2F6N10O6S. The van der Waals surface area contributed by atoms with E-state index in [0.29, 0.717) is 70.4 Å². The highest BCUT2D eigenvalue weighted by atomic mass is 35.5. The van der Waals surface area contributed by atoms with Gasteiger partial charge in [0.15, 0.2) is 0 Å². The number of benzene rings is 2. The van der Waals surface area contributed by atoms with Crippen LogP contribution in [0.2, 0.25) is 10.0 Å². The maximum Gasteiger partial charge on any atom is 0.573 e. The Kier molecular flexibility index (Phi) is 15.8. The molecule has 0 saturated carbocycles. The number of nitrogens with zero attached hydrogens (tertiary/aromatic N) is 8. The topological polar surface area (TPSA) is 204 Å². The monoisotopic (exact) mass is 892 g/mol. The molecule has 0 saturated heterocycles. The van der Waals surface area contributed by atoms with Gasteiger partial charge in [0.1, 0.15) is 45.8 Å². The molecule has 0 fully saturated rings. The van der Waals surface area contributed by atoms with E-state index in [-0.39, 0.29) is 11.5 Å². The van der Waals surface area contributed by atoms with Crippen molar-refractivity contribution in [2.45, 2.75) is 39.4 Å². The van der Waals surface area contributed by atoms with Gasteiger partial charge in [-0.05, 0) is 86.3 Å². The van der Waals surface area contributed by atoms with E-state index in [9.17, 15) is 26.3 Å². The first-order chi connectivity index (χ1) is 27.6. The van der Waals surface area contributed by atoms with E-state index in [1.807, 2.05) is 0 Å². The lowest BCUT2D eigenvalue weighted by Crippen LogP contribution is -2.17. The van der Waals surface area contributed by atoms with E-state index >= 15 is 0 Å². The lowest BCUT2D eigenvalue weighted by atomic mass is 10.2. The molecule has 0 bridgehead atoms. The summed E-state index contributed by atoms with van der Waals surface area (Å²) in [6.45, 7) is 4.76. The van der Waals surface area contributed by atoms with Gasteiger partial charge in [-0.3, -0.25) is 9.11 Å². The number of aryl methyl sites for hydroxylation is 2. The predicted molar refractivity (Wildman–Crippen MR) is 203 cm³/mol. The average molecular weight is 894 g/mol. The van der Waals surface area contributed by atoms with Gasteiger partial charge in [0.05, 0.1) is 35.2 Å². The number of hydrogen-bond donors (Lipinski definition) is 4. The summed E-state index contributed by atoms with van der Waals surface area (Å²) in [6, 6.07) is 11.0. The fourth-order valence-corrected chi connectivity index (χ4v) is 5.00. The summed E-state index contributed by atoms with van der Waals surface area (Å²) in [4.78, 5) is 16.2. The Labute approximate surface area is 341 Å². The van der Waals surface area contributed by atoms with Gasteiger partial charge in [0.2, 0.25) is 0 Å². The molecule has 16 nitrogen and oxygen atoms in total. The Morgan fingerprint density at radius 3 is 1.31 bits per heavy atom. The molecule has 0 aliphatic carbocycles. The summed E-state index contributed by atoms with van der Waals surface area (Å²) < 4.78 is 116. The number of alkyl halides is 6. The van der Waals surface area contributed by atoms with E-state index in [0.717, 1.165) is 11.1 Å². The van der Waals surface area contributed by atoms with Crippen molar-refractivity contribution in [2.75, 3.05) is 23.7 Å². The van der Waals surface area contributed by atoms with Crippen molar-refractivity contribution < 1.29 is 53.3 Å². The normalized spacial score (nSPS) is 11.5. The number of anilines is 2. The van der Waals surface area contributed by atoms with Gasteiger partial charge >= 0.3 is 23.1 Å². The van der Waals surface area contributed by atoms with Crippen molar-refractivity contribution in [1.29, 1.82) is 0 Å². The highest BCUT2D eigenvalue weighted by Crippen LogP contribution is 2.26. The number of halogens is 8. The van der Waals surface area contributed by atoms with Crippen molar-refractivity contribution in [3.8, 4) is 22.9 Å². The van der Waals surface area contributed by atoms with Crippen LogP contribution in [0.5, 0.6) is 11.5 Å². The van der Waals surface area contributed by atoms with Gasteiger partial charge in [-0.2, -0.15) is 18.6 Å². The first-order valence-electron chi connectivity index (χ1n) is 16.5. The number of aromatic nitrogens is 8. The standard InChI is InChI=1S/2C17H15ClF3N5O.H2O4S/c2*1-11-15(18)16(24-10-23-11)22-7-6-12-8-25-26(9-12)13-2-4-14(5-3-13)27-17(19,20)21;1-5(2,3)4/h2*2-5,8-10H,6-7H2,1H3,(H,22,23,24);(H2,1,2,3,4). The van der Waals surface area contributed by atoms with Crippen molar-refractivity contribution in [3.63, 3.8) is 0 Å². The van der Waals surface area contributed by atoms with Crippen molar-refractivity contribution in [1.82, 2.24) is 39.5 Å². The van der Waals surface area contributed by atoms with Crippen LogP contribution in [0.25, 0.3) is 11.4 Å². The van der Waals surface area contributed by atoms with Crippen molar-refractivity contribution >= 4 is 45.2 Å². The molecule has 316 valence electrons. The van der Waals surface area contributed by atoms with Crippen molar-refractivity contribution in [3.05, 3.63) is 119 Å². The number of nitrogens with one attached hydrogen (secondary N) is 2. The lowest BCUT2D eigenvalue weighted by molar-refractivity contribution is -0.275. The second-order valence-electron chi connectivity index (χ2n) is 11.7. The van der Waals surface area contributed by atoms with Crippen LogP contribution in [-0.4, -0.2) is 82.8 Å². The van der Waals surface area contributed by atoms with Gasteiger partial charge in [0, 0.05) is 25.5 Å². The SMILES string of the molecule is Cc1ncnc(NCCc2cnn(-c3ccc(OC(F)(F)F)cc3)c2)c1Cl.Cc1ncnc(NCCc2cnn(-c3ccc(OC(F)(F)F)cc3)c2)c1Cl.O=S(=O)(O)O. The molecule has 2 aromatic carbocycles. The quantitative estimate of drug-likeness (QED) is 0.0687. The molecule has 4 aromatic heterocycles. The van der Waals surface area contributed by atoms with E-state index in [2.05, 4.69) is 50.2 Å². The molecule has 0 aliphatic rings. The molecule has 0 amide bonds. The summed E-state index contributed by atoms with van der Waals surface area (Å²) in [5.41, 5.74) is 4.52. The molecule has 25 heteroatoms. The minimum atomic E-state index is -4.71. The molecular weight excluding hydrogens is 861 g/mol. The van der Waals surface area contributed by atoms with Gasteiger partial charge < -0.3 is 20.1 Å². The first-order valence-corrected chi connectivity index (χ1v) is 18.7. The Balaban J connectivity index is 0.000000234. The molecule has 0 spiro atoms. The maximum absolute atomic E-state index is 12.2. The highest BCUT2D eigenvalue weighted by molar-refractivity contribution is 7.79. The van der Waals surface area contributed by atoms with Crippen LogP contribution in [0, 0.1) is 13.8 Å². The Hall–Kier alpha value is -5.75. The third-order valence-electron chi connectivity index (χ3n) is 7.28. The second kappa shape index (κ2) is 20.3. The van der Waals surface area contributed by atoms with Gasteiger partial charge in [0.25, 0.3) is 0 Å². The fraction of sp³-hybridized carbons (Fsp3) is 0.235. The summed E-state index contributed by atoms with van der Waals surface area (Å²) in [6.07, 6.45) is 1.76. The zero-order chi connectivity index (χ0) is 43.4. The summed E-state index contributed by atoms with van der Waals surface area (Å²) in [5.74, 6) is 0.577.